The van der Waals surface area contributed by atoms with Crippen LogP contribution >= 0.6 is 0 Å². The average molecular weight is 828 g/mol. The number of amides is 1. The van der Waals surface area contributed by atoms with E-state index in [4.69, 9.17) is 0 Å². The number of allylic oxidation sites excluding steroid dienone is 5. The molecule has 3 N–H and O–H groups in total. The first-order chi connectivity index (χ1) is 29.2. The van der Waals surface area contributed by atoms with E-state index in [1.54, 1.807) is 6.08 Å². The zero-order chi connectivity index (χ0) is 42.8. The van der Waals surface area contributed by atoms with Gasteiger partial charge in [-0.2, -0.15) is 0 Å². The average Bonchev–Trinajstić information content (AvgIpc) is 3.24. The van der Waals surface area contributed by atoms with Gasteiger partial charge >= 0.3 is 0 Å². The molecule has 0 saturated heterocycles. The molecule has 0 aliphatic rings. The predicted octanol–water partition coefficient (Wildman–Crippen LogP) is 17.3. The van der Waals surface area contributed by atoms with Crippen molar-refractivity contribution in [2.75, 3.05) is 6.61 Å². The highest BCUT2D eigenvalue weighted by molar-refractivity contribution is 5.76. The summed E-state index contributed by atoms with van der Waals surface area (Å²) in [4.78, 5) is 12.4. The minimum atomic E-state index is -0.868. The first-order valence-corrected chi connectivity index (χ1v) is 26.7. The lowest BCUT2D eigenvalue weighted by Crippen LogP contribution is -2.45. The molecule has 0 spiro atoms. The Morgan fingerprint density at radius 2 is 0.661 bits per heavy atom. The van der Waals surface area contributed by atoms with Crippen LogP contribution in [0.2, 0.25) is 0 Å². The molecule has 0 aromatic carbocycles. The van der Waals surface area contributed by atoms with Crippen molar-refractivity contribution in [3.05, 3.63) is 36.5 Å². The van der Waals surface area contributed by atoms with E-state index in [0.717, 1.165) is 38.5 Å². The Hall–Kier alpha value is -1.39. The van der Waals surface area contributed by atoms with Gasteiger partial charge in [0.1, 0.15) is 0 Å². The van der Waals surface area contributed by atoms with E-state index in [-0.39, 0.29) is 12.5 Å². The van der Waals surface area contributed by atoms with Crippen molar-refractivity contribution in [3.8, 4) is 0 Å². The van der Waals surface area contributed by atoms with E-state index < -0.39 is 12.1 Å². The van der Waals surface area contributed by atoms with Gasteiger partial charge in [-0.1, -0.05) is 275 Å². The highest BCUT2D eigenvalue weighted by atomic mass is 16.3. The molecule has 0 rings (SSSR count). The Balaban J connectivity index is 3.48. The van der Waals surface area contributed by atoms with E-state index in [1.165, 1.54) is 231 Å². The van der Waals surface area contributed by atoms with Crippen molar-refractivity contribution in [1.29, 1.82) is 0 Å². The number of unbranched alkanes of at least 4 members (excludes halogenated alkanes) is 38. The normalized spacial score (nSPS) is 13.1. The van der Waals surface area contributed by atoms with Gasteiger partial charge in [0.05, 0.1) is 18.8 Å². The van der Waals surface area contributed by atoms with Crippen LogP contribution in [-0.2, 0) is 4.79 Å². The maximum absolute atomic E-state index is 12.4. The Morgan fingerprint density at radius 1 is 0.390 bits per heavy atom. The zero-order valence-corrected chi connectivity index (χ0v) is 40.0. The number of nitrogens with one attached hydrogen (secondary N) is 1. The Labute approximate surface area is 370 Å². The van der Waals surface area contributed by atoms with Crippen molar-refractivity contribution in [2.24, 2.45) is 0 Å². The van der Waals surface area contributed by atoms with Crippen molar-refractivity contribution in [2.45, 2.75) is 302 Å². The van der Waals surface area contributed by atoms with Gasteiger partial charge in [-0.25, -0.2) is 0 Å². The summed E-state index contributed by atoms with van der Waals surface area (Å²) in [5.41, 5.74) is 0. The van der Waals surface area contributed by atoms with Gasteiger partial charge in [-0.15, -0.1) is 0 Å². The molecule has 0 heterocycles. The summed E-state index contributed by atoms with van der Waals surface area (Å²) in [6, 6.07) is -0.643. The molecular weight excluding hydrogens is 723 g/mol. The molecule has 2 atom stereocenters. The number of rotatable bonds is 49. The third-order valence-corrected chi connectivity index (χ3v) is 12.4. The first kappa shape index (κ1) is 57.6. The van der Waals surface area contributed by atoms with Crippen molar-refractivity contribution >= 4 is 5.91 Å². The molecule has 0 fully saturated rings. The number of carbonyl (C=O) groups excluding carboxylic acids is 1. The topological polar surface area (TPSA) is 69.6 Å². The van der Waals surface area contributed by atoms with E-state index >= 15 is 0 Å². The summed E-state index contributed by atoms with van der Waals surface area (Å²) < 4.78 is 0. The quantitative estimate of drug-likeness (QED) is 0.0423. The van der Waals surface area contributed by atoms with Crippen molar-refractivity contribution in [3.63, 3.8) is 0 Å². The Bertz CT molecular complexity index is 897. The monoisotopic (exact) mass is 828 g/mol. The first-order valence-electron chi connectivity index (χ1n) is 26.7. The van der Waals surface area contributed by atoms with Gasteiger partial charge in [0.2, 0.25) is 5.91 Å². The third kappa shape index (κ3) is 47.5. The van der Waals surface area contributed by atoms with E-state index in [2.05, 4.69) is 43.5 Å². The van der Waals surface area contributed by atoms with Crippen LogP contribution in [0.4, 0.5) is 0 Å². The maximum Gasteiger partial charge on any atom is 0.220 e. The molecule has 348 valence electrons. The summed E-state index contributed by atoms with van der Waals surface area (Å²) in [6.45, 7) is 4.31. The molecule has 0 bridgehead atoms. The molecule has 0 aromatic heterocycles. The number of aliphatic hydroxyl groups excluding tert-OH is 2. The fourth-order valence-electron chi connectivity index (χ4n) is 8.27. The van der Waals surface area contributed by atoms with Crippen LogP contribution in [0.5, 0.6) is 0 Å². The van der Waals surface area contributed by atoms with E-state index in [0.29, 0.717) is 6.42 Å². The molecule has 4 heteroatoms. The van der Waals surface area contributed by atoms with Crippen LogP contribution in [0.3, 0.4) is 0 Å². The molecule has 2 unspecified atom stereocenters. The van der Waals surface area contributed by atoms with Crippen LogP contribution in [-0.4, -0.2) is 34.9 Å². The molecule has 4 nitrogen and oxygen atoms in total. The molecule has 0 aliphatic carbocycles. The largest absolute Gasteiger partial charge is 0.394 e. The molecule has 0 aromatic rings. The SMILES string of the molecule is CCCCCCCCC/C=C/CC/C=C/CC/C=C/C(O)C(CO)NC(=O)CCCCCCCCCCCCCCCCCCCCCCCCCCCCCCCC. The highest BCUT2D eigenvalue weighted by Crippen LogP contribution is 2.17. The van der Waals surface area contributed by atoms with Crippen molar-refractivity contribution < 1.29 is 15.0 Å². The minimum absolute atomic E-state index is 0.0730. The van der Waals surface area contributed by atoms with Gasteiger partial charge in [-0.05, 0) is 44.9 Å². The van der Waals surface area contributed by atoms with Gasteiger partial charge < -0.3 is 15.5 Å². The summed E-state index contributed by atoms with van der Waals surface area (Å²) in [7, 11) is 0. The van der Waals surface area contributed by atoms with Crippen molar-refractivity contribution in [1.82, 2.24) is 5.32 Å². The number of aliphatic hydroxyl groups is 2. The van der Waals surface area contributed by atoms with Crippen LogP contribution in [0.25, 0.3) is 0 Å². The highest BCUT2D eigenvalue weighted by Gasteiger charge is 2.17. The zero-order valence-electron chi connectivity index (χ0n) is 40.0. The number of hydrogen-bond donors (Lipinski definition) is 3. The number of carbonyl (C=O) groups is 1. The number of hydrogen-bond acceptors (Lipinski definition) is 3. The van der Waals surface area contributed by atoms with Gasteiger partial charge in [-0.3, -0.25) is 4.79 Å². The second-order valence-corrected chi connectivity index (χ2v) is 18.3. The molecular formula is C55H105NO3. The van der Waals surface area contributed by atoms with E-state index in [1.807, 2.05) is 6.08 Å². The lowest BCUT2D eigenvalue weighted by Gasteiger charge is -2.19. The molecule has 59 heavy (non-hydrogen) atoms. The van der Waals surface area contributed by atoms with Crippen LogP contribution in [0.1, 0.15) is 290 Å². The summed E-state index contributed by atoms with van der Waals surface area (Å²) in [5, 5.41) is 23.1. The molecule has 1 amide bonds. The fraction of sp³-hybridized carbons (Fsp3) is 0.873. The summed E-state index contributed by atoms with van der Waals surface area (Å²) in [6.07, 6.45) is 68.7. The fourth-order valence-corrected chi connectivity index (χ4v) is 8.27. The maximum atomic E-state index is 12.4. The summed E-state index contributed by atoms with van der Waals surface area (Å²) >= 11 is 0. The Morgan fingerprint density at radius 3 is 0.983 bits per heavy atom. The molecule has 0 saturated carbocycles. The smallest absolute Gasteiger partial charge is 0.220 e. The van der Waals surface area contributed by atoms with Gasteiger partial charge in [0.15, 0.2) is 0 Å². The molecule has 0 aliphatic heterocycles. The standard InChI is InChI=1S/C55H105NO3/c1-3-5-7-9-11-13-15-17-19-21-22-23-24-25-26-27-28-29-30-31-32-33-35-37-39-41-43-45-47-49-51-55(59)56-53(52-57)54(58)50-48-46-44-42-40-38-36-34-20-18-16-14-12-10-8-6-4-2/h20,34,40,42,48,50,53-54,57-58H,3-19,21-33,35-39,41,43-47,49,51-52H2,1-2H3,(H,56,59)/b34-20+,42-40+,50-48+. The second kappa shape index (κ2) is 51.0. The lowest BCUT2D eigenvalue weighted by molar-refractivity contribution is -0.123. The second-order valence-electron chi connectivity index (χ2n) is 18.3. The predicted molar refractivity (Wildman–Crippen MR) is 262 cm³/mol. The van der Waals surface area contributed by atoms with Gasteiger partial charge in [0, 0.05) is 6.42 Å². The van der Waals surface area contributed by atoms with Crippen LogP contribution in [0.15, 0.2) is 36.5 Å². The molecule has 0 radical (unpaired) electrons. The van der Waals surface area contributed by atoms with Crippen LogP contribution in [0, 0.1) is 0 Å². The Kier molecular flexibility index (Phi) is 49.8. The van der Waals surface area contributed by atoms with E-state index in [9.17, 15) is 15.0 Å². The van der Waals surface area contributed by atoms with Gasteiger partial charge in [0.25, 0.3) is 0 Å². The third-order valence-electron chi connectivity index (χ3n) is 12.4. The minimum Gasteiger partial charge on any atom is -0.394 e. The van der Waals surface area contributed by atoms with Crippen LogP contribution < -0.4 is 5.32 Å². The lowest BCUT2D eigenvalue weighted by atomic mass is 10.0. The summed E-state index contributed by atoms with van der Waals surface area (Å²) in [5.74, 6) is -0.0730.